The van der Waals surface area contributed by atoms with Gasteiger partial charge in [-0.25, -0.2) is 0 Å². The van der Waals surface area contributed by atoms with Crippen LogP contribution in [0.4, 0.5) is 10.5 Å². The highest BCUT2D eigenvalue weighted by Crippen LogP contribution is 2.26. The molecule has 0 atom stereocenters. The molecule has 0 bridgehead atoms. The third-order valence-electron chi connectivity index (χ3n) is 5.72. The predicted molar refractivity (Wildman–Crippen MR) is 131 cm³/mol. The molecule has 0 spiro atoms. The predicted octanol–water partition coefficient (Wildman–Crippen LogP) is 4.45. The highest BCUT2D eigenvalue weighted by Gasteiger charge is 2.28. The number of benzene rings is 3. The van der Waals surface area contributed by atoms with Crippen molar-refractivity contribution in [2.75, 3.05) is 4.90 Å². The van der Waals surface area contributed by atoms with Crippen LogP contribution >= 0.6 is 11.6 Å². The number of hydrogen-bond donors (Lipinski definition) is 0. The SMILES string of the molecule is O=C(C(=O)N(C(=O)[O-])c1ccc2ncccc2c1)c1cn(Cc2ccc(Cl)cc2)c2ccccc12. The van der Waals surface area contributed by atoms with Crippen LogP contribution in [-0.4, -0.2) is 27.3 Å². The summed E-state index contributed by atoms with van der Waals surface area (Å²) in [5, 5.41) is 13.7. The zero-order valence-electron chi connectivity index (χ0n) is 18.2. The van der Waals surface area contributed by atoms with Gasteiger partial charge in [0.05, 0.1) is 16.8 Å². The van der Waals surface area contributed by atoms with E-state index in [1.54, 1.807) is 54.9 Å². The summed E-state index contributed by atoms with van der Waals surface area (Å²) < 4.78 is 1.84. The van der Waals surface area contributed by atoms with E-state index in [1.807, 2.05) is 28.8 Å². The quantitative estimate of drug-likeness (QED) is 0.272. The number of ketones is 1. The van der Waals surface area contributed by atoms with Gasteiger partial charge in [0, 0.05) is 40.3 Å². The molecule has 7 nitrogen and oxygen atoms in total. The van der Waals surface area contributed by atoms with E-state index in [0.717, 1.165) is 11.1 Å². The molecule has 3 aromatic carbocycles. The molecule has 35 heavy (non-hydrogen) atoms. The van der Waals surface area contributed by atoms with Gasteiger partial charge in [-0.1, -0.05) is 48.0 Å². The number of imide groups is 1. The number of carbonyl (C=O) groups excluding carboxylic acids is 3. The molecule has 2 amide bonds. The average Bonchev–Trinajstić information content (AvgIpc) is 3.23. The largest absolute Gasteiger partial charge is 0.529 e. The summed E-state index contributed by atoms with van der Waals surface area (Å²) in [5.74, 6) is -2.17. The number of fused-ring (bicyclic) bond motifs is 2. The Labute approximate surface area is 204 Å². The number of hydrogen-bond acceptors (Lipinski definition) is 5. The summed E-state index contributed by atoms with van der Waals surface area (Å²) in [6.45, 7) is 0.432. The maximum Gasteiger partial charge on any atom is 0.304 e. The van der Waals surface area contributed by atoms with Gasteiger partial charge >= 0.3 is 5.91 Å². The molecule has 2 aromatic heterocycles. The first-order valence-electron chi connectivity index (χ1n) is 10.7. The van der Waals surface area contributed by atoms with Crippen molar-refractivity contribution in [1.82, 2.24) is 9.55 Å². The van der Waals surface area contributed by atoms with E-state index in [-0.39, 0.29) is 11.3 Å². The number of rotatable bonds is 5. The second-order valence-electron chi connectivity index (χ2n) is 7.93. The first-order chi connectivity index (χ1) is 16.9. The molecule has 5 aromatic rings. The van der Waals surface area contributed by atoms with Crippen LogP contribution in [0.2, 0.25) is 5.02 Å². The molecule has 8 heteroatoms. The van der Waals surface area contributed by atoms with Crippen molar-refractivity contribution in [1.29, 1.82) is 0 Å². The number of halogens is 1. The molecule has 2 heterocycles. The van der Waals surface area contributed by atoms with E-state index in [1.165, 1.54) is 12.1 Å². The second-order valence-corrected chi connectivity index (χ2v) is 8.37. The lowest BCUT2D eigenvalue weighted by Gasteiger charge is -2.22. The number of para-hydroxylation sites is 1. The maximum absolute atomic E-state index is 13.3. The van der Waals surface area contributed by atoms with Crippen molar-refractivity contribution in [2.45, 2.75) is 6.54 Å². The van der Waals surface area contributed by atoms with E-state index >= 15 is 0 Å². The number of carboxylic acid groups (broad SMARTS) is 1. The third-order valence-corrected chi connectivity index (χ3v) is 5.98. The number of nitrogens with zero attached hydrogens (tertiary/aromatic N) is 3. The van der Waals surface area contributed by atoms with Crippen molar-refractivity contribution in [2.24, 2.45) is 0 Å². The Balaban J connectivity index is 1.53. The Morgan fingerprint density at radius 1 is 0.943 bits per heavy atom. The van der Waals surface area contributed by atoms with Gasteiger partial charge in [-0.15, -0.1) is 0 Å². The summed E-state index contributed by atoms with van der Waals surface area (Å²) in [6.07, 6.45) is 1.38. The van der Waals surface area contributed by atoms with Crippen LogP contribution in [-0.2, 0) is 11.3 Å². The Hall–Kier alpha value is -4.49. The monoisotopic (exact) mass is 482 g/mol. The molecule has 0 fully saturated rings. The zero-order valence-corrected chi connectivity index (χ0v) is 19.0. The van der Waals surface area contributed by atoms with Gasteiger partial charge in [0.15, 0.2) is 0 Å². The molecule has 0 aliphatic heterocycles. The Bertz CT molecular complexity index is 1610. The fourth-order valence-corrected chi connectivity index (χ4v) is 4.20. The normalized spacial score (nSPS) is 11.0. The number of amides is 2. The van der Waals surface area contributed by atoms with Crippen LogP contribution in [0.25, 0.3) is 21.8 Å². The number of aromatic nitrogens is 2. The van der Waals surface area contributed by atoms with Crippen LogP contribution in [0, 0.1) is 0 Å². The molecular formula is C27H17ClN3O4-. The molecular weight excluding hydrogens is 466 g/mol. The summed E-state index contributed by atoms with van der Waals surface area (Å²) in [4.78, 5) is 43.0. The van der Waals surface area contributed by atoms with Crippen molar-refractivity contribution in [3.63, 3.8) is 0 Å². The van der Waals surface area contributed by atoms with E-state index in [4.69, 9.17) is 11.6 Å². The van der Waals surface area contributed by atoms with Crippen LogP contribution in [0.5, 0.6) is 0 Å². The van der Waals surface area contributed by atoms with E-state index in [2.05, 4.69) is 4.98 Å². The second kappa shape index (κ2) is 9.04. The molecule has 0 saturated heterocycles. The molecule has 172 valence electrons. The molecule has 5 rings (SSSR count). The fourth-order valence-electron chi connectivity index (χ4n) is 4.07. The molecule has 0 unspecified atom stereocenters. The average molecular weight is 483 g/mol. The summed E-state index contributed by atoms with van der Waals surface area (Å²) >= 11 is 5.98. The van der Waals surface area contributed by atoms with Crippen molar-refractivity contribution in [3.8, 4) is 0 Å². The Morgan fingerprint density at radius 2 is 1.71 bits per heavy atom. The van der Waals surface area contributed by atoms with Gasteiger partial charge in [0.2, 0.25) is 0 Å². The number of carbonyl (C=O) groups is 3. The maximum atomic E-state index is 13.3. The van der Waals surface area contributed by atoms with Crippen molar-refractivity contribution in [3.05, 3.63) is 107 Å². The van der Waals surface area contributed by atoms with Crippen LogP contribution < -0.4 is 10.0 Å². The van der Waals surface area contributed by atoms with E-state index < -0.39 is 17.8 Å². The molecule has 0 radical (unpaired) electrons. The van der Waals surface area contributed by atoms with Gasteiger partial charge in [0.1, 0.15) is 6.09 Å². The molecule has 0 saturated carbocycles. The highest BCUT2D eigenvalue weighted by molar-refractivity contribution is 6.51. The van der Waals surface area contributed by atoms with Crippen LogP contribution in [0.15, 0.2) is 91.3 Å². The number of pyridine rings is 1. The first-order valence-corrected chi connectivity index (χ1v) is 11.1. The fraction of sp³-hybridized carbons (Fsp3) is 0.0370. The topological polar surface area (TPSA) is 95.3 Å². The minimum Gasteiger partial charge on any atom is -0.529 e. The van der Waals surface area contributed by atoms with Gasteiger partial charge in [-0.05, 0) is 48.0 Å². The Kier molecular flexibility index (Phi) is 5.76. The van der Waals surface area contributed by atoms with Crippen molar-refractivity contribution >= 4 is 56.9 Å². The summed E-state index contributed by atoms with van der Waals surface area (Å²) in [5.41, 5.74) is 2.41. The molecule has 0 aliphatic rings. The van der Waals surface area contributed by atoms with E-state index in [0.29, 0.717) is 32.8 Å². The third kappa shape index (κ3) is 4.25. The lowest BCUT2D eigenvalue weighted by atomic mass is 10.1. The van der Waals surface area contributed by atoms with Gasteiger partial charge in [-0.2, -0.15) is 0 Å². The van der Waals surface area contributed by atoms with Crippen LogP contribution in [0.1, 0.15) is 15.9 Å². The van der Waals surface area contributed by atoms with Gasteiger partial charge in [-0.3, -0.25) is 19.5 Å². The standard InChI is InChI=1S/C27H18ClN3O4/c28-19-9-7-17(8-10-19)15-30-16-22(21-5-1-2-6-24(21)30)25(32)26(33)31(27(34)35)20-11-12-23-18(14-20)4-3-13-29-23/h1-14,16H,15H2,(H,34,35)/p-1. The van der Waals surface area contributed by atoms with Crippen molar-refractivity contribution < 1.29 is 19.5 Å². The smallest absolute Gasteiger partial charge is 0.304 e. The van der Waals surface area contributed by atoms with E-state index in [9.17, 15) is 19.5 Å². The minimum absolute atomic E-state index is 0.00810. The summed E-state index contributed by atoms with van der Waals surface area (Å²) in [7, 11) is 0. The van der Waals surface area contributed by atoms with Gasteiger partial charge < -0.3 is 14.5 Å². The summed E-state index contributed by atoms with van der Waals surface area (Å²) in [6, 6.07) is 22.3. The molecule has 0 aliphatic carbocycles. The lowest BCUT2D eigenvalue weighted by Crippen LogP contribution is -2.48. The first kappa shape index (κ1) is 22.3. The lowest BCUT2D eigenvalue weighted by molar-refractivity contribution is -0.245. The number of Topliss-reactive ketones (excluding diaryl/α,β-unsaturated/α-hetero) is 1. The highest BCUT2D eigenvalue weighted by atomic mass is 35.5. The zero-order chi connectivity index (χ0) is 24.5. The van der Waals surface area contributed by atoms with Crippen LogP contribution in [0.3, 0.4) is 0 Å². The van der Waals surface area contributed by atoms with Gasteiger partial charge in [0.25, 0.3) is 5.78 Å². The Morgan fingerprint density at radius 3 is 2.49 bits per heavy atom. The minimum atomic E-state index is -1.79. The molecule has 0 N–H and O–H groups in total. The number of anilines is 1.